The number of rotatable bonds is 18. The molecule has 4 atom stereocenters. The molecule has 1 aromatic carbocycles. The average Bonchev–Trinajstić information content (AvgIpc) is 3.44. The van der Waals surface area contributed by atoms with E-state index in [1.165, 1.54) is 36.4 Å². The van der Waals surface area contributed by atoms with E-state index in [4.69, 9.17) is 11.5 Å². The Morgan fingerprint density at radius 3 is 2.15 bits per heavy atom. The second kappa shape index (κ2) is 17.2. The lowest BCUT2D eigenvalue weighted by molar-refractivity contribution is -0.142. The van der Waals surface area contributed by atoms with E-state index < -0.39 is 47.9 Å². The Balaban J connectivity index is 2.24. The summed E-state index contributed by atoms with van der Waals surface area (Å²) in [5.41, 5.74) is 12.7. The van der Waals surface area contributed by atoms with Gasteiger partial charge in [0.2, 0.25) is 17.7 Å². The van der Waals surface area contributed by atoms with Crippen LogP contribution in [0.15, 0.2) is 36.8 Å². The molecule has 40 heavy (non-hydrogen) atoms. The summed E-state index contributed by atoms with van der Waals surface area (Å²) in [6, 6.07) is 1.86. The first-order valence-corrected chi connectivity index (χ1v) is 14.4. The van der Waals surface area contributed by atoms with Crippen molar-refractivity contribution in [3.8, 4) is 5.75 Å². The second-order valence-electron chi connectivity index (χ2n) is 9.35. The van der Waals surface area contributed by atoms with Crippen LogP contribution < -0.4 is 27.4 Å². The quantitative estimate of drug-likeness (QED) is 0.107. The first kappa shape index (κ1) is 32.6. The maximum atomic E-state index is 13.5. The molecule has 1 aromatic heterocycles. The van der Waals surface area contributed by atoms with Crippen LogP contribution in [0.1, 0.15) is 36.9 Å². The van der Waals surface area contributed by atoms with Gasteiger partial charge in [0.15, 0.2) is 0 Å². The number of nitrogens with zero attached hydrogens (tertiary/aromatic N) is 1. The summed E-state index contributed by atoms with van der Waals surface area (Å²) in [5.74, 6) is -2.51. The number of carbonyl (C=O) groups excluding carboxylic acids is 3. The number of imidazole rings is 1. The van der Waals surface area contributed by atoms with Gasteiger partial charge in [-0.1, -0.05) is 18.6 Å². The van der Waals surface area contributed by atoms with E-state index in [-0.39, 0.29) is 25.0 Å². The van der Waals surface area contributed by atoms with Crippen LogP contribution in [0.2, 0.25) is 0 Å². The normalized spacial score (nSPS) is 14.0. The molecule has 0 aliphatic rings. The van der Waals surface area contributed by atoms with Crippen molar-refractivity contribution in [3.63, 3.8) is 0 Å². The summed E-state index contributed by atoms with van der Waals surface area (Å²) >= 11 is 1.45. The fourth-order valence-corrected chi connectivity index (χ4v) is 4.33. The molecule has 4 unspecified atom stereocenters. The molecule has 0 spiro atoms. The minimum atomic E-state index is -1.19. The van der Waals surface area contributed by atoms with Gasteiger partial charge >= 0.3 is 5.97 Å². The molecule has 2 rings (SSSR count). The SMILES string of the molecule is CSCCC(NC(=O)C(Cc1cnc[nH]1)NC(=O)C(Cc1ccc(O)cc1)NC(=O)C(N)CCCCN)C(=O)O. The van der Waals surface area contributed by atoms with Crippen molar-refractivity contribution in [3.05, 3.63) is 48.0 Å². The number of nitrogens with one attached hydrogen (secondary N) is 4. The number of hydrogen-bond donors (Lipinski definition) is 8. The number of phenolic OH excluding ortho intramolecular Hbond substituents is 1. The van der Waals surface area contributed by atoms with Gasteiger partial charge in [-0.2, -0.15) is 11.8 Å². The predicted octanol–water partition coefficient (Wildman–Crippen LogP) is -0.351. The highest BCUT2D eigenvalue weighted by atomic mass is 32.2. The molecule has 1 heterocycles. The van der Waals surface area contributed by atoms with Crippen LogP contribution in [0.5, 0.6) is 5.75 Å². The van der Waals surface area contributed by atoms with Crippen molar-refractivity contribution in [2.75, 3.05) is 18.6 Å². The number of phenols is 1. The Labute approximate surface area is 237 Å². The second-order valence-corrected chi connectivity index (χ2v) is 10.3. The van der Waals surface area contributed by atoms with Crippen molar-refractivity contribution in [2.45, 2.75) is 62.7 Å². The first-order chi connectivity index (χ1) is 19.1. The Morgan fingerprint density at radius 2 is 1.57 bits per heavy atom. The van der Waals surface area contributed by atoms with Crippen molar-refractivity contribution < 1.29 is 29.4 Å². The van der Waals surface area contributed by atoms with E-state index in [2.05, 4.69) is 25.9 Å². The van der Waals surface area contributed by atoms with E-state index >= 15 is 0 Å². The summed E-state index contributed by atoms with van der Waals surface area (Å²) in [6.07, 6.45) is 6.74. The van der Waals surface area contributed by atoms with Gasteiger partial charge in [0, 0.05) is 24.7 Å². The van der Waals surface area contributed by atoms with Gasteiger partial charge in [0.1, 0.15) is 23.9 Å². The summed E-state index contributed by atoms with van der Waals surface area (Å²) in [4.78, 5) is 58.1. The number of aromatic hydroxyl groups is 1. The highest BCUT2D eigenvalue weighted by Crippen LogP contribution is 2.12. The lowest BCUT2D eigenvalue weighted by Gasteiger charge is -2.25. The third kappa shape index (κ3) is 11.2. The predicted molar refractivity (Wildman–Crippen MR) is 151 cm³/mol. The highest BCUT2D eigenvalue weighted by Gasteiger charge is 2.31. The van der Waals surface area contributed by atoms with Crippen LogP contribution >= 0.6 is 11.8 Å². The maximum absolute atomic E-state index is 13.5. The van der Waals surface area contributed by atoms with Crippen LogP contribution in [0.25, 0.3) is 0 Å². The largest absolute Gasteiger partial charge is 0.508 e. The molecular weight excluding hydrogens is 538 g/mol. The van der Waals surface area contributed by atoms with Crippen molar-refractivity contribution >= 4 is 35.5 Å². The molecule has 13 nitrogen and oxygen atoms in total. The number of hydrogen-bond acceptors (Lipinski definition) is 9. The van der Waals surface area contributed by atoms with Crippen LogP contribution in [0.4, 0.5) is 0 Å². The maximum Gasteiger partial charge on any atom is 0.326 e. The summed E-state index contributed by atoms with van der Waals surface area (Å²) in [7, 11) is 0. The van der Waals surface area contributed by atoms with Gasteiger partial charge in [-0.15, -0.1) is 0 Å². The van der Waals surface area contributed by atoms with Crippen LogP contribution in [0, 0.1) is 0 Å². The summed E-state index contributed by atoms with van der Waals surface area (Å²) in [5, 5.41) is 27.0. The van der Waals surface area contributed by atoms with Gasteiger partial charge in [0.25, 0.3) is 0 Å². The number of carboxylic acids is 1. The molecule has 0 bridgehead atoms. The Bertz CT molecular complexity index is 1080. The third-order valence-electron chi connectivity index (χ3n) is 6.15. The zero-order valence-corrected chi connectivity index (χ0v) is 23.3. The topological polar surface area (TPSA) is 226 Å². The lowest BCUT2D eigenvalue weighted by Crippen LogP contribution is -2.58. The molecule has 0 saturated carbocycles. The number of carboxylic acid groups (broad SMARTS) is 1. The van der Waals surface area contributed by atoms with Gasteiger partial charge < -0.3 is 42.6 Å². The van der Waals surface area contributed by atoms with Crippen LogP contribution in [0.3, 0.4) is 0 Å². The van der Waals surface area contributed by atoms with E-state index in [9.17, 15) is 29.4 Å². The third-order valence-corrected chi connectivity index (χ3v) is 6.80. The fourth-order valence-electron chi connectivity index (χ4n) is 3.86. The highest BCUT2D eigenvalue weighted by molar-refractivity contribution is 7.98. The van der Waals surface area contributed by atoms with Gasteiger partial charge in [-0.25, -0.2) is 9.78 Å². The number of carbonyl (C=O) groups is 4. The summed E-state index contributed by atoms with van der Waals surface area (Å²) < 4.78 is 0. The first-order valence-electron chi connectivity index (χ1n) is 13.0. The molecule has 14 heteroatoms. The number of amides is 3. The number of nitrogens with two attached hydrogens (primary N) is 2. The number of unbranched alkanes of at least 4 members (excludes halogenated alkanes) is 1. The minimum Gasteiger partial charge on any atom is -0.508 e. The minimum absolute atomic E-state index is 0.00488. The standard InChI is InChI=1S/C26H39N7O6S/c1-40-11-9-20(26(38)39)31-25(37)22(13-17-14-29-15-30-17)33-24(36)21(12-16-5-7-18(34)8-6-16)32-23(35)19(28)4-2-3-10-27/h5-8,14-15,19-22,34H,2-4,9-13,27-28H2,1H3,(H,29,30)(H,31,37)(H,32,35)(H,33,36)(H,38,39). The zero-order chi connectivity index (χ0) is 29.5. The van der Waals surface area contributed by atoms with E-state index in [0.29, 0.717) is 42.8 Å². The van der Waals surface area contributed by atoms with Crippen molar-refractivity contribution in [2.24, 2.45) is 11.5 Å². The molecule has 0 aliphatic heterocycles. The number of H-pyrrole nitrogens is 1. The smallest absolute Gasteiger partial charge is 0.326 e. The Kier molecular flexibility index (Phi) is 14.0. The van der Waals surface area contributed by atoms with Gasteiger partial charge in [0.05, 0.1) is 12.4 Å². The average molecular weight is 578 g/mol. The number of aromatic amines is 1. The number of thioether (sulfide) groups is 1. The molecule has 0 aliphatic carbocycles. The molecule has 220 valence electrons. The molecule has 2 aromatic rings. The summed E-state index contributed by atoms with van der Waals surface area (Å²) in [6.45, 7) is 0.472. The molecule has 0 radical (unpaired) electrons. The van der Waals surface area contributed by atoms with Gasteiger partial charge in [-0.3, -0.25) is 14.4 Å². The Morgan fingerprint density at radius 1 is 0.950 bits per heavy atom. The van der Waals surface area contributed by atoms with E-state index in [1.54, 1.807) is 12.1 Å². The number of benzene rings is 1. The molecule has 0 fully saturated rings. The van der Waals surface area contributed by atoms with Crippen LogP contribution in [-0.2, 0) is 32.0 Å². The Hall–Kier alpha value is -3.62. The van der Waals surface area contributed by atoms with Crippen LogP contribution in [-0.4, -0.2) is 86.6 Å². The molecule has 10 N–H and O–H groups in total. The number of aliphatic carboxylic acids is 1. The van der Waals surface area contributed by atoms with Crippen molar-refractivity contribution in [1.82, 2.24) is 25.9 Å². The van der Waals surface area contributed by atoms with Crippen molar-refractivity contribution in [1.29, 1.82) is 0 Å². The van der Waals surface area contributed by atoms with Gasteiger partial charge in [-0.05, 0) is 55.5 Å². The molecule has 0 saturated heterocycles. The number of aromatic nitrogens is 2. The van der Waals surface area contributed by atoms with E-state index in [0.717, 1.165) is 0 Å². The molecule has 3 amide bonds. The monoisotopic (exact) mass is 577 g/mol. The zero-order valence-electron chi connectivity index (χ0n) is 22.5. The molecular formula is C26H39N7O6S. The lowest BCUT2D eigenvalue weighted by atomic mass is 10.0. The fraction of sp³-hybridized carbons (Fsp3) is 0.500. The van der Waals surface area contributed by atoms with E-state index in [1.807, 2.05) is 6.26 Å².